The molecule has 0 spiro atoms. The van der Waals surface area contributed by atoms with Crippen LogP contribution in [0.25, 0.3) is 0 Å². The minimum absolute atomic E-state index is 0. The molecular weight excluding hydrogens is 303 g/mol. The fraction of sp³-hybridized carbons (Fsp3) is 1.00. The number of hydrogen-bond acceptors (Lipinski definition) is 4. The zero-order chi connectivity index (χ0) is 14.7. The molecule has 0 heterocycles. The molecule has 1 N–H and O–H groups in total. The first-order valence-corrected chi connectivity index (χ1v) is 9.01. The summed E-state index contributed by atoms with van der Waals surface area (Å²) in [6.45, 7) is 4.15. The minimum Gasteiger partial charge on any atom is -0.748 e. The van der Waals surface area contributed by atoms with E-state index >= 15 is 0 Å². The predicted molar refractivity (Wildman–Crippen MR) is 77.0 cm³/mol. The molecule has 0 aromatic heterocycles. The Hall–Kier alpha value is 1.51. The molecule has 6 heteroatoms. The van der Waals surface area contributed by atoms with Gasteiger partial charge in [-0.3, -0.25) is 0 Å². The summed E-state index contributed by atoms with van der Waals surface area (Å²) in [5.41, 5.74) is 0. The standard InChI is InChI=1S/C14H30O4S.K/c1-3-5-7-9-10-13(15)12-14(19(16,17)18)11-8-6-4-2;/h13-15H,3-12H2,1-2H3,(H,16,17,18);/q;+1/p-1. The van der Waals surface area contributed by atoms with Crippen LogP contribution in [-0.4, -0.2) is 29.4 Å². The van der Waals surface area contributed by atoms with E-state index in [1.807, 2.05) is 6.92 Å². The molecule has 0 aromatic rings. The van der Waals surface area contributed by atoms with E-state index in [2.05, 4.69) is 6.92 Å². The molecule has 0 radical (unpaired) electrons. The van der Waals surface area contributed by atoms with Crippen LogP contribution in [-0.2, 0) is 10.1 Å². The summed E-state index contributed by atoms with van der Waals surface area (Å²) in [5.74, 6) is 0. The molecule has 0 saturated carbocycles. The van der Waals surface area contributed by atoms with Gasteiger partial charge in [0.25, 0.3) is 0 Å². The third-order valence-corrected chi connectivity index (χ3v) is 4.71. The summed E-state index contributed by atoms with van der Waals surface area (Å²) >= 11 is 0. The van der Waals surface area contributed by atoms with Gasteiger partial charge in [-0.15, -0.1) is 0 Å². The van der Waals surface area contributed by atoms with Gasteiger partial charge < -0.3 is 9.66 Å². The number of rotatable bonds is 12. The predicted octanol–water partition coefficient (Wildman–Crippen LogP) is 0.206. The van der Waals surface area contributed by atoms with Crippen molar-refractivity contribution in [1.29, 1.82) is 0 Å². The van der Waals surface area contributed by atoms with E-state index in [-0.39, 0.29) is 57.8 Å². The zero-order valence-electron chi connectivity index (χ0n) is 13.3. The smallest absolute Gasteiger partial charge is 0.748 e. The monoisotopic (exact) mass is 332 g/mol. The van der Waals surface area contributed by atoms with Gasteiger partial charge in [-0.2, -0.15) is 0 Å². The van der Waals surface area contributed by atoms with Crippen LogP contribution in [0.4, 0.5) is 0 Å². The van der Waals surface area contributed by atoms with Crippen molar-refractivity contribution in [3.05, 3.63) is 0 Å². The fourth-order valence-electron chi connectivity index (χ4n) is 2.23. The Morgan fingerprint density at radius 1 is 0.950 bits per heavy atom. The summed E-state index contributed by atoms with van der Waals surface area (Å²) in [5, 5.41) is 8.92. The third kappa shape index (κ3) is 13.2. The van der Waals surface area contributed by atoms with E-state index < -0.39 is 21.5 Å². The average Bonchev–Trinajstić information content (AvgIpc) is 2.32. The van der Waals surface area contributed by atoms with Crippen molar-refractivity contribution in [3.63, 3.8) is 0 Å². The van der Waals surface area contributed by atoms with Gasteiger partial charge in [0.15, 0.2) is 0 Å². The molecule has 0 aliphatic rings. The van der Waals surface area contributed by atoms with E-state index in [0.29, 0.717) is 12.8 Å². The van der Waals surface area contributed by atoms with Crippen LogP contribution < -0.4 is 51.4 Å². The van der Waals surface area contributed by atoms with E-state index in [9.17, 15) is 18.1 Å². The topological polar surface area (TPSA) is 77.4 Å². The SMILES string of the molecule is CCCCCCC(O)CC(CCCCC)S(=O)(=O)[O-].[K+]. The molecule has 2 unspecified atom stereocenters. The Morgan fingerprint density at radius 2 is 1.45 bits per heavy atom. The second kappa shape index (κ2) is 14.1. The summed E-state index contributed by atoms with van der Waals surface area (Å²) in [6, 6.07) is 0. The second-order valence-electron chi connectivity index (χ2n) is 5.35. The van der Waals surface area contributed by atoms with Gasteiger partial charge in [-0.05, 0) is 19.3 Å². The minimum atomic E-state index is -4.29. The largest absolute Gasteiger partial charge is 1.00 e. The molecule has 20 heavy (non-hydrogen) atoms. The van der Waals surface area contributed by atoms with Crippen molar-refractivity contribution in [2.24, 2.45) is 0 Å². The van der Waals surface area contributed by atoms with Crippen molar-refractivity contribution in [1.82, 2.24) is 0 Å². The molecular formula is C14H29KO4S. The van der Waals surface area contributed by atoms with Crippen LogP contribution in [0.15, 0.2) is 0 Å². The maximum atomic E-state index is 11.2. The van der Waals surface area contributed by atoms with Gasteiger partial charge in [0.2, 0.25) is 0 Å². The second-order valence-corrected chi connectivity index (χ2v) is 7.00. The van der Waals surface area contributed by atoms with Gasteiger partial charge in [0.1, 0.15) is 0 Å². The maximum absolute atomic E-state index is 11.2. The van der Waals surface area contributed by atoms with Crippen LogP contribution in [0.1, 0.15) is 78.1 Å². The summed E-state index contributed by atoms with van der Waals surface area (Å²) in [6.07, 6.45) is 7.29. The first-order valence-electron chi connectivity index (χ1n) is 7.54. The Kier molecular flexibility index (Phi) is 16.8. The zero-order valence-corrected chi connectivity index (χ0v) is 17.2. The van der Waals surface area contributed by atoms with Crippen molar-refractivity contribution >= 4 is 10.1 Å². The molecule has 0 rings (SSSR count). The Bertz CT molecular complexity index is 306. The van der Waals surface area contributed by atoms with E-state index in [4.69, 9.17) is 0 Å². The Balaban J connectivity index is 0. The third-order valence-electron chi connectivity index (χ3n) is 3.46. The summed E-state index contributed by atoms with van der Waals surface area (Å²) < 4.78 is 33.5. The van der Waals surface area contributed by atoms with Crippen molar-refractivity contribution in [2.75, 3.05) is 0 Å². The Morgan fingerprint density at radius 3 is 1.95 bits per heavy atom. The van der Waals surface area contributed by atoms with E-state index in [0.717, 1.165) is 44.9 Å². The van der Waals surface area contributed by atoms with Gasteiger partial charge in [0, 0.05) is 0 Å². The van der Waals surface area contributed by atoms with E-state index in [1.54, 1.807) is 0 Å². The Labute approximate surface area is 167 Å². The molecule has 0 fully saturated rings. The molecule has 4 nitrogen and oxygen atoms in total. The summed E-state index contributed by atoms with van der Waals surface area (Å²) in [4.78, 5) is 0. The number of aliphatic hydroxyl groups is 1. The molecule has 0 aliphatic carbocycles. The molecule has 0 saturated heterocycles. The van der Waals surface area contributed by atoms with Crippen molar-refractivity contribution in [2.45, 2.75) is 89.4 Å². The molecule has 0 bridgehead atoms. The quantitative estimate of drug-likeness (QED) is 0.315. The maximum Gasteiger partial charge on any atom is 1.00 e. The summed E-state index contributed by atoms with van der Waals surface area (Å²) in [7, 11) is -4.29. The van der Waals surface area contributed by atoms with Crippen molar-refractivity contribution < 1.29 is 69.5 Å². The van der Waals surface area contributed by atoms with Crippen LogP contribution in [0, 0.1) is 0 Å². The molecule has 0 aromatic carbocycles. The normalized spacial score (nSPS) is 14.6. The van der Waals surface area contributed by atoms with Gasteiger partial charge in [-0.1, -0.05) is 58.8 Å². The van der Waals surface area contributed by atoms with Gasteiger partial charge in [-0.25, -0.2) is 8.42 Å². The first-order chi connectivity index (χ1) is 8.91. The first kappa shape index (κ1) is 23.8. The number of hydrogen-bond donors (Lipinski definition) is 1. The van der Waals surface area contributed by atoms with Crippen LogP contribution >= 0.6 is 0 Å². The molecule has 0 amide bonds. The molecule has 116 valence electrons. The van der Waals surface area contributed by atoms with Gasteiger partial charge in [0.05, 0.1) is 21.5 Å². The van der Waals surface area contributed by atoms with Crippen LogP contribution in [0.5, 0.6) is 0 Å². The molecule has 2 atom stereocenters. The van der Waals surface area contributed by atoms with Crippen LogP contribution in [0.2, 0.25) is 0 Å². The number of aliphatic hydroxyl groups excluding tert-OH is 1. The van der Waals surface area contributed by atoms with E-state index in [1.165, 1.54) is 0 Å². The molecule has 0 aliphatic heterocycles. The van der Waals surface area contributed by atoms with Crippen LogP contribution in [0.3, 0.4) is 0 Å². The number of unbranched alkanes of at least 4 members (excludes halogenated alkanes) is 5. The fourth-order valence-corrected chi connectivity index (χ4v) is 3.14. The average molecular weight is 333 g/mol. The van der Waals surface area contributed by atoms with Gasteiger partial charge >= 0.3 is 51.4 Å². The van der Waals surface area contributed by atoms with Crippen molar-refractivity contribution in [3.8, 4) is 0 Å².